The maximum atomic E-state index is 12.9. The van der Waals surface area contributed by atoms with E-state index in [2.05, 4.69) is 5.32 Å². The third kappa shape index (κ3) is 4.69. The van der Waals surface area contributed by atoms with Crippen molar-refractivity contribution in [1.82, 2.24) is 19.8 Å². The highest BCUT2D eigenvalue weighted by Gasteiger charge is 2.31. The number of carbonyl (C=O) groups is 2. The van der Waals surface area contributed by atoms with Crippen LogP contribution in [0.5, 0.6) is 5.75 Å². The molecule has 1 aromatic heterocycles. The summed E-state index contributed by atoms with van der Waals surface area (Å²) >= 11 is 0. The highest BCUT2D eigenvalue weighted by Crippen LogP contribution is 2.30. The number of nitrogens with zero attached hydrogens (tertiary/aromatic N) is 4. The average molecular weight is 438 g/mol. The number of benzene rings is 1. The van der Waals surface area contributed by atoms with E-state index < -0.39 is 0 Å². The number of aromatic nitrogens is 2. The number of ether oxygens (including phenoxy) is 1. The molecule has 170 valence electrons. The molecule has 2 aromatic rings. The number of carbonyl (C=O) groups excluding carboxylic acids is 2. The fourth-order valence-electron chi connectivity index (χ4n) is 4.49. The lowest BCUT2D eigenvalue weighted by Gasteiger charge is -2.30. The Balaban J connectivity index is 1.42. The minimum atomic E-state index is 0.100. The van der Waals surface area contributed by atoms with Gasteiger partial charge in [-0.2, -0.15) is 0 Å². The highest BCUT2D eigenvalue weighted by atomic mass is 16.5. The van der Waals surface area contributed by atoms with Crippen LogP contribution in [0.25, 0.3) is 0 Å². The van der Waals surface area contributed by atoms with Crippen LogP contribution in [0.15, 0.2) is 24.3 Å². The van der Waals surface area contributed by atoms with Gasteiger partial charge in [0.15, 0.2) is 0 Å². The summed E-state index contributed by atoms with van der Waals surface area (Å²) in [6.45, 7) is 4.23. The second-order valence-corrected chi connectivity index (χ2v) is 8.47. The molecule has 0 unspecified atom stereocenters. The number of aryl methyl sites for hydroxylation is 1. The summed E-state index contributed by atoms with van der Waals surface area (Å²) in [6, 6.07) is 7.85. The Morgan fingerprint density at radius 3 is 2.59 bits per heavy atom. The van der Waals surface area contributed by atoms with Gasteiger partial charge in [0.2, 0.25) is 11.8 Å². The molecule has 2 aliphatic heterocycles. The monoisotopic (exact) mass is 437 g/mol. The van der Waals surface area contributed by atoms with E-state index in [9.17, 15) is 9.59 Å². The Labute approximate surface area is 189 Å². The van der Waals surface area contributed by atoms with Crippen molar-refractivity contribution in [2.45, 2.75) is 45.1 Å². The molecule has 1 saturated heterocycles. The Morgan fingerprint density at radius 1 is 1.16 bits per heavy atom. The van der Waals surface area contributed by atoms with Crippen LogP contribution in [0, 0.1) is 0 Å². The molecule has 0 saturated carbocycles. The van der Waals surface area contributed by atoms with Crippen molar-refractivity contribution in [3.63, 3.8) is 0 Å². The van der Waals surface area contributed by atoms with Crippen molar-refractivity contribution < 1.29 is 14.3 Å². The lowest BCUT2D eigenvalue weighted by Crippen LogP contribution is -2.37. The lowest BCUT2D eigenvalue weighted by atomic mass is 10.0. The number of nitrogens with one attached hydrogen (secondary N) is 1. The molecule has 1 aromatic carbocycles. The number of anilines is 1. The number of hydrogen-bond donors (Lipinski definition) is 1. The van der Waals surface area contributed by atoms with Gasteiger partial charge in [-0.25, -0.2) is 9.97 Å². The molecule has 8 nitrogen and oxygen atoms in total. The van der Waals surface area contributed by atoms with E-state index in [-0.39, 0.29) is 17.7 Å². The fourth-order valence-corrected chi connectivity index (χ4v) is 4.49. The van der Waals surface area contributed by atoms with Crippen LogP contribution >= 0.6 is 0 Å². The first-order valence-corrected chi connectivity index (χ1v) is 11.2. The van der Waals surface area contributed by atoms with Crippen molar-refractivity contribution in [2.75, 3.05) is 39.1 Å². The van der Waals surface area contributed by atoms with Gasteiger partial charge < -0.3 is 19.9 Å². The van der Waals surface area contributed by atoms with Crippen LogP contribution in [0.4, 0.5) is 5.82 Å². The molecule has 32 heavy (non-hydrogen) atoms. The summed E-state index contributed by atoms with van der Waals surface area (Å²) < 4.78 is 5.19. The molecule has 3 heterocycles. The van der Waals surface area contributed by atoms with Crippen molar-refractivity contribution in [3.05, 3.63) is 46.9 Å². The largest absolute Gasteiger partial charge is 0.497 e. The first-order valence-electron chi connectivity index (χ1n) is 11.2. The summed E-state index contributed by atoms with van der Waals surface area (Å²) in [4.78, 5) is 38.0. The van der Waals surface area contributed by atoms with Crippen molar-refractivity contribution in [1.29, 1.82) is 0 Å². The molecule has 1 atom stereocenters. The van der Waals surface area contributed by atoms with Gasteiger partial charge in [-0.15, -0.1) is 0 Å². The van der Waals surface area contributed by atoms with Gasteiger partial charge in [0, 0.05) is 57.9 Å². The second-order valence-electron chi connectivity index (χ2n) is 8.47. The van der Waals surface area contributed by atoms with Crippen LogP contribution in [0.2, 0.25) is 0 Å². The molecule has 2 aliphatic rings. The molecule has 1 N–H and O–H groups in total. The Morgan fingerprint density at radius 2 is 1.94 bits per heavy atom. The molecular formula is C24H31N5O3. The highest BCUT2D eigenvalue weighted by molar-refractivity contribution is 5.77. The topological polar surface area (TPSA) is 87.7 Å². The second kappa shape index (κ2) is 9.54. The molecule has 8 heteroatoms. The summed E-state index contributed by atoms with van der Waals surface area (Å²) in [5.41, 5.74) is 3.14. The van der Waals surface area contributed by atoms with Gasteiger partial charge in [0.05, 0.1) is 19.3 Å². The molecule has 1 fully saturated rings. The number of likely N-dealkylation sites (tertiary alicyclic amines) is 1. The number of methoxy groups -OCH3 is 1. The van der Waals surface area contributed by atoms with E-state index in [0.29, 0.717) is 32.5 Å². The van der Waals surface area contributed by atoms with E-state index in [1.54, 1.807) is 14.0 Å². The predicted molar refractivity (Wildman–Crippen MR) is 122 cm³/mol. The lowest BCUT2D eigenvalue weighted by molar-refractivity contribution is -0.132. The first-order chi connectivity index (χ1) is 15.5. The fraction of sp³-hybridized carbons (Fsp3) is 0.500. The van der Waals surface area contributed by atoms with E-state index >= 15 is 0 Å². The zero-order valence-electron chi connectivity index (χ0n) is 19.1. The van der Waals surface area contributed by atoms with Gasteiger partial charge in [-0.3, -0.25) is 9.59 Å². The minimum Gasteiger partial charge on any atom is -0.497 e. The smallest absolute Gasteiger partial charge is 0.223 e. The molecule has 0 aliphatic carbocycles. The van der Waals surface area contributed by atoms with E-state index in [1.807, 2.05) is 41.1 Å². The van der Waals surface area contributed by atoms with Crippen LogP contribution in [0.1, 0.15) is 48.3 Å². The van der Waals surface area contributed by atoms with Crippen LogP contribution in [0.3, 0.4) is 0 Å². The van der Waals surface area contributed by atoms with Crippen molar-refractivity contribution >= 4 is 17.6 Å². The molecule has 0 bridgehead atoms. The maximum absolute atomic E-state index is 12.9. The van der Waals surface area contributed by atoms with E-state index in [1.165, 1.54) is 0 Å². The summed E-state index contributed by atoms with van der Waals surface area (Å²) in [5, 5.41) is 3.20. The molecule has 2 amide bonds. The SMILES string of the molecule is CNc1nc([C@@H]2CCN(C(C)=O)C2)nc2c1CN(C(=O)CCc1ccc(OC)cc1)CC2. The van der Waals surface area contributed by atoms with Crippen molar-refractivity contribution in [3.8, 4) is 5.75 Å². The van der Waals surface area contributed by atoms with Crippen LogP contribution < -0.4 is 10.1 Å². The van der Waals surface area contributed by atoms with E-state index in [4.69, 9.17) is 14.7 Å². The molecular weight excluding hydrogens is 406 g/mol. The third-order valence-corrected chi connectivity index (χ3v) is 6.45. The predicted octanol–water partition coefficient (Wildman–Crippen LogP) is 2.38. The zero-order chi connectivity index (χ0) is 22.7. The van der Waals surface area contributed by atoms with Crippen LogP contribution in [-0.4, -0.2) is 65.4 Å². The van der Waals surface area contributed by atoms with Gasteiger partial charge in [-0.1, -0.05) is 12.1 Å². The Kier molecular flexibility index (Phi) is 6.58. The van der Waals surface area contributed by atoms with E-state index in [0.717, 1.165) is 53.6 Å². The number of rotatable bonds is 6. The molecule has 0 spiro atoms. The normalized spacial score (nSPS) is 17.8. The van der Waals surface area contributed by atoms with Gasteiger partial charge in [-0.05, 0) is 30.5 Å². The number of amides is 2. The summed E-state index contributed by atoms with van der Waals surface area (Å²) in [6.07, 6.45) is 2.78. The quantitative estimate of drug-likeness (QED) is 0.747. The van der Waals surface area contributed by atoms with Gasteiger partial charge >= 0.3 is 0 Å². The standard InChI is InChI=1S/C24H31N5O3/c1-16(30)28-12-10-18(14-28)23-26-21-11-13-29(15-20(21)24(25-2)27-23)22(31)9-6-17-4-7-19(32-3)8-5-17/h4-5,7-8,18H,6,9-15H2,1-3H3,(H,25,26,27)/t18-/m1/s1. The van der Waals surface area contributed by atoms with Crippen LogP contribution in [-0.2, 0) is 29.0 Å². The maximum Gasteiger partial charge on any atom is 0.223 e. The number of fused-ring (bicyclic) bond motifs is 1. The Bertz CT molecular complexity index is 975. The van der Waals surface area contributed by atoms with Gasteiger partial charge in [0.1, 0.15) is 17.4 Å². The first kappa shape index (κ1) is 22.0. The minimum absolute atomic E-state index is 0.100. The average Bonchev–Trinajstić information content (AvgIpc) is 3.32. The van der Waals surface area contributed by atoms with Gasteiger partial charge in [0.25, 0.3) is 0 Å². The zero-order valence-corrected chi connectivity index (χ0v) is 19.1. The Hall–Kier alpha value is -3.16. The molecule has 4 rings (SSSR count). The summed E-state index contributed by atoms with van der Waals surface area (Å²) in [7, 11) is 3.50. The third-order valence-electron chi connectivity index (χ3n) is 6.45. The number of hydrogen-bond acceptors (Lipinski definition) is 6. The summed E-state index contributed by atoms with van der Waals surface area (Å²) in [5.74, 6) is 2.82. The van der Waals surface area contributed by atoms with Crippen molar-refractivity contribution in [2.24, 2.45) is 0 Å². The molecule has 0 radical (unpaired) electrons.